The number of nitrogens with one attached hydrogen (secondary N) is 1. The molecular formula is C9H16N4. The van der Waals surface area contributed by atoms with E-state index in [0.29, 0.717) is 5.92 Å². The Bertz CT molecular complexity index is 281. The van der Waals surface area contributed by atoms with Gasteiger partial charge in [0.2, 0.25) is 0 Å². The maximum Gasteiger partial charge on any atom is 0.0873 e. The second-order valence-corrected chi connectivity index (χ2v) is 3.89. The fraction of sp³-hybridized carbons (Fsp3) is 0.778. The molecule has 0 bridgehead atoms. The molecule has 0 radical (unpaired) electrons. The van der Waals surface area contributed by atoms with E-state index >= 15 is 0 Å². The molecule has 2 heterocycles. The molecule has 1 saturated heterocycles. The molecule has 0 amide bonds. The Morgan fingerprint density at radius 2 is 2.46 bits per heavy atom. The summed E-state index contributed by atoms with van der Waals surface area (Å²) >= 11 is 0. The Hall–Kier alpha value is -0.900. The van der Waals surface area contributed by atoms with E-state index in [1.807, 2.05) is 13.2 Å². The molecular weight excluding hydrogens is 164 g/mol. The Morgan fingerprint density at radius 3 is 3.08 bits per heavy atom. The van der Waals surface area contributed by atoms with Crippen LogP contribution in [0.1, 0.15) is 25.0 Å². The van der Waals surface area contributed by atoms with Crippen molar-refractivity contribution in [2.45, 2.75) is 19.3 Å². The summed E-state index contributed by atoms with van der Waals surface area (Å²) in [5, 5.41) is 11.5. The summed E-state index contributed by atoms with van der Waals surface area (Å²) in [6.07, 6.45) is 3.26. The third kappa shape index (κ3) is 1.72. The van der Waals surface area contributed by atoms with Gasteiger partial charge in [0.1, 0.15) is 0 Å². The van der Waals surface area contributed by atoms with E-state index in [2.05, 4.69) is 22.6 Å². The summed E-state index contributed by atoms with van der Waals surface area (Å²) in [5.41, 5.74) is 1.13. The van der Waals surface area contributed by atoms with E-state index in [1.165, 1.54) is 6.42 Å². The van der Waals surface area contributed by atoms with Crippen LogP contribution in [0.5, 0.6) is 0 Å². The number of rotatable bonds is 1. The van der Waals surface area contributed by atoms with Gasteiger partial charge in [0.15, 0.2) is 0 Å². The number of nitrogens with zero attached hydrogens (tertiary/aromatic N) is 3. The molecule has 1 aliphatic rings. The third-order valence-corrected chi connectivity index (χ3v) is 2.83. The van der Waals surface area contributed by atoms with Gasteiger partial charge in [-0.3, -0.25) is 4.68 Å². The smallest absolute Gasteiger partial charge is 0.0873 e. The van der Waals surface area contributed by atoms with Gasteiger partial charge in [-0.2, -0.15) is 0 Å². The van der Waals surface area contributed by atoms with Gasteiger partial charge in [-0.1, -0.05) is 12.1 Å². The van der Waals surface area contributed by atoms with Crippen LogP contribution in [0.25, 0.3) is 0 Å². The highest BCUT2D eigenvalue weighted by Gasteiger charge is 2.24. The molecule has 1 aliphatic heterocycles. The van der Waals surface area contributed by atoms with Crippen molar-refractivity contribution in [1.29, 1.82) is 0 Å². The summed E-state index contributed by atoms with van der Waals surface area (Å²) in [6, 6.07) is 0. The average molecular weight is 180 g/mol. The lowest BCUT2D eigenvalue weighted by atomic mass is 9.86. The van der Waals surface area contributed by atoms with Gasteiger partial charge in [-0.05, 0) is 18.9 Å². The van der Waals surface area contributed by atoms with Gasteiger partial charge >= 0.3 is 0 Å². The molecule has 1 aromatic rings. The van der Waals surface area contributed by atoms with E-state index in [-0.39, 0.29) is 0 Å². The van der Waals surface area contributed by atoms with Gasteiger partial charge < -0.3 is 5.32 Å². The van der Waals surface area contributed by atoms with E-state index < -0.39 is 0 Å². The first-order chi connectivity index (χ1) is 6.27. The maximum absolute atomic E-state index is 4.16. The third-order valence-electron chi connectivity index (χ3n) is 2.83. The van der Waals surface area contributed by atoms with Crippen molar-refractivity contribution in [3.05, 3.63) is 11.9 Å². The van der Waals surface area contributed by atoms with Crippen molar-refractivity contribution in [3.8, 4) is 0 Å². The quantitative estimate of drug-likeness (QED) is 0.685. The van der Waals surface area contributed by atoms with Gasteiger partial charge in [0, 0.05) is 25.7 Å². The Balaban J connectivity index is 2.14. The highest BCUT2D eigenvalue weighted by atomic mass is 15.4. The molecule has 2 unspecified atom stereocenters. The minimum absolute atomic E-state index is 0.544. The van der Waals surface area contributed by atoms with Crippen molar-refractivity contribution in [1.82, 2.24) is 20.3 Å². The zero-order valence-corrected chi connectivity index (χ0v) is 8.20. The van der Waals surface area contributed by atoms with Crippen LogP contribution in [0.4, 0.5) is 0 Å². The normalized spacial score (nSPS) is 29.1. The molecule has 72 valence electrons. The van der Waals surface area contributed by atoms with Crippen LogP contribution in [-0.4, -0.2) is 28.1 Å². The van der Waals surface area contributed by atoms with Crippen LogP contribution in [0.15, 0.2) is 6.20 Å². The number of hydrogen-bond acceptors (Lipinski definition) is 3. The fourth-order valence-electron chi connectivity index (χ4n) is 1.92. The van der Waals surface area contributed by atoms with Crippen LogP contribution >= 0.6 is 0 Å². The molecule has 0 aromatic carbocycles. The van der Waals surface area contributed by atoms with E-state index in [9.17, 15) is 0 Å². The van der Waals surface area contributed by atoms with E-state index in [1.54, 1.807) is 4.68 Å². The Labute approximate surface area is 78.3 Å². The standard InChI is InChI=1S/C9H16N4/c1-7-3-4-10-5-8(7)9-6-13(2)12-11-9/h6-8,10H,3-5H2,1-2H3. The second kappa shape index (κ2) is 3.46. The number of hydrogen-bond donors (Lipinski definition) is 1. The fourth-order valence-corrected chi connectivity index (χ4v) is 1.92. The number of aromatic nitrogens is 3. The van der Waals surface area contributed by atoms with Crippen molar-refractivity contribution in [2.24, 2.45) is 13.0 Å². The topological polar surface area (TPSA) is 42.7 Å². The maximum atomic E-state index is 4.16. The minimum Gasteiger partial charge on any atom is -0.316 e. The number of piperidine rings is 1. The van der Waals surface area contributed by atoms with Crippen LogP contribution in [0.2, 0.25) is 0 Å². The molecule has 1 fully saturated rings. The van der Waals surface area contributed by atoms with Crippen molar-refractivity contribution in [3.63, 3.8) is 0 Å². The molecule has 0 saturated carbocycles. The molecule has 1 N–H and O–H groups in total. The summed E-state index contributed by atoms with van der Waals surface area (Å²) in [5.74, 6) is 1.26. The molecule has 2 atom stereocenters. The van der Waals surface area contributed by atoms with Crippen molar-refractivity contribution >= 4 is 0 Å². The van der Waals surface area contributed by atoms with E-state index in [4.69, 9.17) is 0 Å². The van der Waals surface area contributed by atoms with Crippen LogP contribution in [-0.2, 0) is 7.05 Å². The second-order valence-electron chi connectivity index (χ2n) is 3.89. The minimum atomic E-state index is 0.544. The molecule has 0 aliphatic carbocycles. The lowest BCUT2D eigenvalue weighted by Crippen LogP contribution is -2.34. The number of aryl methyl sites for hydroxylation is 1. The van der Waals surface area contributed by atoms with Crippen LogP contribution < -0.4 is 5.32 Å². The zero-order chi connectivity index (χ0) is 9.26. The first kappa shape index (κ1) is 8.69. The first-order valence-corrected chi connectivity index (χ1v) is 4.84. The lowest BCUT2D eigenvalue weighted by Gasteiger charge is -2.27. The first-order valence-electron chi connectivity index (χ1n) is 4.84. The van der Waals surface area contributed by atoms with Crippen molar-refractivity contribution in [2.75, 3.05) is 13.1 Å². The average Bonchev–Trinajstić information content (AvgIpc) is 2.53. The zero-order valence-electron chi connectivity index (χ0n) is 8.20. The van der Waals surface area contributed by atoms with Gasteiger partial charge in [-0.15, -0.1) is 5.10 Å². The van der Waals surface area contributed by atoms with Crippen LogP contribution in [0.3, 0.4) is 0 Å². The lowest BCUT2D eigenvalue weighted by molar-refractivity contribution is 0.342. The van der Waals surface area contributed by atoms with Gasteiger partial charge in [-0.25, -0.2) is 0 Å². The van der Waals surface area contributed by atoms with Crippen molar-refractivity contribution < 1.29 is 0 Å². The summed E-state index contributed by atoms with van der Waals surface area (Å²) in [4.78, 5) is 0. The predicted molar refractivity (Wildman–Crippen MR) is 50.4 cm³/mol. The highest BCUT2D eigenvalue weighted by Crippen LogP contribution is 2.26. The summed E-state index contributed by atoms with van der Waals surface area (Å²) < 4.78 is 1.77. The van der Waals surface area contributed by atoms with E-state index in [0.717, 1.165) is 24.7 Å². The molecule has 13 heavy (non-hydrogen) atoms. The molecule has 1 aromatic heterocycles. The Morgan fingerprint density at radius 1 is 1.62 bits per heavy atom. The summed E-state index contributed by atoms with van der Waals surface area (Å²) in [7, 11) is 1.91. The molecule has 4 heteroatoms. The molecule has 4 nitrogen and oxygen atoms in total. The monoisotopic (exact) mass is 180 g/mol. The predicted octanol–water partition coefficient (Wildman–Crippen LogP) is 0.528. The SMILES string of the molecule is CC1CCNCC1c1cn(C)nn1. The van der Waals surface area contributed by atoms with Gasteiger partial charge in [0.25, 0.3) is 0 Å². The molecule has 0 spiro atoms. The van der Waals surface area contributed by atoms with Gasteiger partial charge in [0.05, 0.1) is 5.69 Å². The molecule has 2 rings (SSSR count). The largest absolute Gasteiger partial charge is 0.316 e. The highest BCUT2D eigenvalue weighted by molar-refractivity contribution is 5.05. The summed E-state index contributed by atoms with van der Waals surface area (Å²) in [6.45, 7) is 4.47. The Kier molecular flexibility index (Phi) is 2.31. The van der Waals surface area contributed by atoms with Crippen LogP contribution in [0, 0.1) is 5.92 Å².